The molecule has 3 aliphatic rings. The van der Waals surface area contributed by atoms with Crippen LogP contribution in [0, 0.1) is 20.2 Å². The summed E-state index contributed by atoms with van der Waals surface area (Å²) in [5, 5.41) is 21.7. The third-order valence-corrected chi connectivity index (χ3v) is 6.89. The largest absolute Gasteiger partial charge is 0.354 e. The third kappa shape index (κ3) is 4.40. The molecular weight excluding hydrogens is 472 g/mol. The second kappa shape index (κ2) is 8.95. The van der Waals surface area contributed by atoms with Crippen LogP contribution in [-0.2, 0) is 19.1 Å². The lowest BCUT2D eigenvalue weighted by molar-refractivity contribution is -0.385. The number of rotatable bonds is 6. The minimum Gasteiger partial charge on any atom is -0.354 e. The lowest BCUT2D eigenvalue weighted by Gasteiger charge is -2.44. The standard InChI is InChI=1S/C24H24N4O8/c1-13-11-26(24(30)22-20(36-22)16-5-9-18(10-6-16)28(33)34)14(2)12-25(13)23(29)21-19(35-21)15-3-7-17(8-4-15)27(31)32/h3-10,13-14,19-22H,11-12H2,1-2H3/t13-,14-,19-,20-,21+,22+/m1/s1. The molecule has 3 saturated heterocycles. The van der Waals surface area contributed by atoms with Gasteiger partial charge in [0.1, 0.15) is 12.2 Å². The maximum atomic E-state index is 13.1. The fourth-order valence-corrected chi connectivity index (χ4v) is 4.75. The third-order valence-electron chi connectivity index (χ3n) is 6.89. The van der Waals surface area contributed by atoms with E-state index >= 15 is 0 Å². The van der Waals surface area contributed by atoms with Crippen molar-refractivity contribution in [2.24, 2.45) is 0 Å². The van der Waals surface area contributed by atoms with E-state index in [1.54, 1.807) is 34.1 Å². The van der Waals surface area contributed by atoms with Crippen molar-refractivity contribution in [2.45, 2.75) is 50.3 Å². The average molecular weight is 496 g/mol. The number of piperazine rings is 1. The van der Waals surface area contributed by atoms with Gasteiger partial charge in [-0.3, -0.25) is 29.8 Å². The zero-order chi connectivity index (χ0) is 25.7. The summed E-state index contributed by atoms with van der Waals surface area (Å²) < 4.78 is 11.2. The van der Waals surface area contributed by atoms with Gasteiger partial charge in [-0.05, 0) is 49.2 Å². The predicted octanol–water partition coefficient (Wildman–Crippen LogP) is 2.53. The summed E-state index contributed by atoms with van der Waals surface area (Å²) in [5.74, 6) is -0.340. The van der Waals surface area contributed by atoms with Gasteiger partial charge in [0, 0.05) is 49.4 Å². The predicted molar refractivity (Wildman–Crippen MR) is 124 cm³/mol. The van der Waals surface area contributed by atoms with Crippen molar-refractivity contribution in [1.29, 1.82) is 0 Å². The van der Waals surface area contributed by atoms with E-state index in [9.17, 15) is 29.8 Å². The monoisotopic (exact) mass is 496 g/mol. The summed E-state index contributed by atoms with van der Waals surface area (Å²) in [6.07, 6.45) is -2.19. The van der Waals surface area contributed by atoms with Crippen LogP contribution in [0.1, 0.15) is 37.2 Å². The second-order valence-corrected chi connectivity index (χ2v) is 9.33. The van der Waals surface area contributed by atoms with Gasteiger partial charge >= 0.3 is 0 Å². The van der Waals surface area contributed by atoms with E-state index < -0.39 is 34.3 Å². The van der Waals surface area contributed by atoms with Crippen LogP contribution < -0.4 is 0 Å². The van der Waals surface area contributed by atoms with Crippen molar-refractivity contribution in [2.75, 3.05) is 13.1 Å². The van der Waals surface area contributed by atoms with Crippen LogP contribution in [0.15, 0.2) is 48.5 Å². The Morgan fingerprint density at radius 2 is 1.06 bits per heavy atom. The molecule has 0 spiro atoms. The summed E-state index contributed by atoms with van der Waals surface area (Å²) in [7, 11) is 0. The zero-order valence-electron chi connectivity index (χ0n) is 19.6. The molecule has 188 valence electrons. The normalized spacial score (nSPS) is 28.9. The van der Waals surface area contributed by atoms with Crippen LogP contribution in [0.4, 0.5) is 11.4 Å². The van der Waals surface area contributed by atoms with Gasteiger partial charge in [-0.1, -0.05) is 0 Å². The number of carbonyl (C=O) groups excluding carboxylic acids is 2. The first-order valence-electron chi connectivity index (χ1n) is 11.6. The molecule has 36 heavy (non-hydrogen) atoms. The fourth-order valence-electron chi connectivity index (χ4n) is 4.75. The summed E-state index contributed by atoms with van der Waals surface area (Å²) >= 11 is 0. The summed E-state index contributed by atoms with van der Waals surface area (Å²) in [5.41, 5.74) is 1.36. The van der Waals surface area contributed by atoms with Crippen molar-refractivity contribution in [3.63, 3.8) is 0 Å². The molecule has 3 aliphatic heterocycles. The fraction of sp³-hybridized carbons (Fsp3) is 0.417. The van der Waals surface area contributed by atoms with E-state index in [1.165, 1.54) is 24.3 Å². The van der Waals surface area contributed by atoms with Gasteiger partial charge in [0.2, 0.25) is 0 Å². The molecule has 0 aliphatic carbocycles. The lowest BCUT2D eigenvalue weighted by atomic mass is 10.0. The van der Waals surface area contributed by atoms with E-state index in [0.29, 0.717) is 24.2 Å². The van der Waals surface area contributed by atoms with Crippen molar-refractivity contribution >= 4 is 23.2 Å². The number of hydrogen-bond acceptors (Lipinski definition) is 8. The van der Waals surface area contributed by atoms with Gasteiger partial charge in [-0.15, -0.1) is 0 Å². The first kappa shape index (κ1) is 23.8. The van der Waals surface area contributed by atoms with Crippen LogP contribution in [0.2, 0.25) is 0 Å². The molecule has 0 unspecified atom stereocenters. The maximum absolute atomic E-state index is 13.1. The molecule has 0 N–H and O–H groups in total. The van der Waals surface area contributed by atoms with Gasteiger partial charge < -0.3 is 19.3 Å². The van der Waals surface area contributed by atoms with Gasteiger partial charge in [-0.2, -0.15) is 0 Å². The summed E-state index contributed by atoms with van der Waals surface area (Å²) in [4.78, 5) is 50.4. The number of nitro benzene ring substituents is 2. The number of epoxide rings is 2. The van der Waals surface area contributed by atoms with Gasteiger partial charge in [0.15, 0.2) is 12.2 Å². The smallest absolute Gasteiger partial charge is 0.269 e. The summed E-state index contributed by atoms with van der Waals surface area (Å²) in [6.45, 7) is 4.42. The Bertz CT molecular complexity index is 1120. The topological polar surface area (TPSA) is 152 Å². The first-order chi connectivity index (χ1) is 17.2. The highest BCUT2D eigenvalue weighted by Crippen LogP contribution is 2.42. The molecule has 0 aromatic heterocycles. The Hall–Kier alpha value is -3.90. The highest BCUT2D eigenvalue weighted by atomic mass is 16.6. The number of benzene rings is 2. The molecule has 12 heteroatoms. The van der Waals surface area contributed by atoms with Gasteiger partial charge in [0.25, 0.3) is 23.2 Å². The molecule has 2 amide bonds. The Morgan fingerprint density at radius 1 is 0.722 bits per heavy atom. The van der Waals surface area contributed by atoms with Crippen LogP contribution in [-0.4, -0.2) is 68.8 Å². The van der Waals surface area contributed by atoms with Crippen molar-refractivity contribution in [1.82, 2.24) is 9.80 Å². The number of non-ortho nitro benzene ring substituents is 2. The van der Waals surface area contributed by atoms with E-state index in [4.69, 9.17) is 9.47 Å². The number of ether oxygens (including phenoxy) is 2. The van der Waals surface area contributed by atoms with Gasteiger partial charge in [0.05, 0.1) is 9.85 Å². The number of hydrogen-bond donors (Lipinski definition) is 0. The molecule has 2 aromatic rings. The van der Waals surface area contributed by atoms with Gasteiger partial charge in [-0.25, -0.2) is 0 Å². The highest BCUT2D eigenvalue weighted by molar-refractivity contribution is 5.87. The second-order valence-electron chi connectivity index (χ2n) is 9.33. The molecule has 0 saturated carbocycles. The van der Waals surface area contributed by atoms with Crippen LogP contribution in [0.5, 0.6) is 0 Å². The van der Waals surface area contributed by atoms with E-state index in [-0.39, 0.29) is 35.3 Å². The number of amides is 2. The first-order valence-corrected chi connectivity index (χ1v) is 11.6. The molecule has 6 atom stereocenters. The quantitative estimate of drug-likeness (QED) is 0.336. The Balaban J connectivity index is 1.18. The number of nitrogens with zero attached hydrogens (tertiary/aromatic N) is 4. The van der Waals surface area contributed by atoms with E-state index in [1.807, 2.05) is 13.8 Å². The lowest BCUT2D eigenvalue weighted by Crippen LogP contribution is -2.61. The van der Waals surface area contributed by atoms with E-state index in [0.717, 1.165) is 0 Å². The summed E-state index contributed by atoms with van der Waals surface area (Å²) in [6, 6.07) is 11.4. The van der Waals surface area contributed by atoms with Crippen molar-refractivity contribution in [3.8, 4) is 0 Å². The maximum Gasteiger partial charge on any atom is 0.269 e. The number of carbonyl (C=O) groups is 2. The molecule has 0 radical (unpaired) electrons. The zero-order valence-corrected chi connectivity index (χ0v) is 19.6. The molecular formula is C24H24N4O8. The highest BCUT2D eigenvalue weighted by Gasteiger charge is 2.52. The molecule has 12 nitrogen and oxygen atoms in total. The van der Waals surface area contributed by atoms with Crippen LogP contribution in [0.25, 0.3) is 0 Å². The minimum absolute atomic E-state index is 0.0269. The molecule has 3 heterocycles. The molecule has 0 bridgehead atoms. The van der Waals surface area contributed by atoms with E-state index in [2.05, 4.69) is 0 Å². The Kier molecular flexibility index (Phi) is 5.92. The molecule has 3 fully saturated rings. The van der Waals surface area contributed by atoms with Crippen molar-refractivity contribution < 1.29 is 28.9 Å². The number of nitro groups is 2. The average Bonchev–Trinajstić information content (AvgIpc) is 3.78. The molecule has 2 aromatic carbocycles. The van der Waals surface area contributed by atoms with Crippen molar-refractivity contribution in [3.05, 3.63) is 79.9 Å². The van der Waals surface area contributed by atoms with Crippen LogP contribution in [0.3, 0.4) is 0 Å². The van der Waals surface area contributed by atoms with Crippen LogP contribution >= 0.6 is 0 Å². The molecule has 5 rings (SSSR count). The minimum atomic E-state index is -0.651. The Labute approximate surface area is 205 Å². The SMILES string of the molecule is C[C@@H]1CN(C(=O)[C@H]2O[C@@H]2c2ccc([N+](=O)[O-])cc2)[C@H](C)CN1C(=O)[C@H]1O[C@@H]1c1ccc([N+](=O)[O-])cc1. The Morgan fingerprint density at radius 3 is 1.36 bits per heavy atom.